The van der Waals surface area contributed by atoms with Crippen LogP contribution < -0.4 is 10.6 Å². The Bertz CT molecular complexity index is 835. The van der Waals surface area contributed by atoms with Gasteiger partial charge >= 0.3 is 6.03 Å². The Kier molecular flexibility index (Phi) is 4.13. The molecule has 2 amide bonds. The van der Waals surface area contributed by atoms with Crippen LogP contribution >= 0.6 is 0 Å². The van der Waals surface area contributed by atoms with Crippen LogP contribution in [0.25, 0.3) is 0 Å². The average molecular weight is 317 g/mol. The summed E-state index contributed by atoms with van der Waals surface area (Å²) in [6, 6.07) is 16.8. The molecule has 2 aromatic rings. The van der Waals surface area contributed by atoms with E-state index >= 15 is 0 Å². The van der Waals surface area contributed by atoms with Crippen molar-refractivity contribution >= 4 is 11.8 Å². The number of amides is 2. The summed E-state index contributed by atoms with van der Waals surface area (Å²) in [5.41, 5.74) is 2.19. The quantitative estimate of drug-likeness (QED) is 0.854. The second kappa shape index (κ2) is 6.39. The third-order valence-electron chi connectivity index (χ3n) is 4.01. The molecule has 5 heteroatoms. The zero-order valence-corrected chi connectivity index (χ0v) is 12.8. The van der Waals surface area contributed by atoms with Gasteiger partial charge in [-0.15, -0.1) is 0 Å². The molecule has 0 bridgehead atoms. The molecule has 118 valence electrons. The van der Waals surface area contributed by atoms with Gasteiger partial charge < -0.3 is 10.6 Å². The fourth-order valence-corrected chi connectivity index (χ4v) is 2.82. The third-order valence-corrected chi connectivity index (χ3v) is 4.01. The number of urea groups is 1. The third kappa shape index (κ3) is 2.90. The molecule has 1 aliphatic heterocycles. The maximum atomic E-state index is 12.9. The lowest BCUT2D eigenvalue weighted by Crippen LogP contribution is -2.50. The first-order valence-electron chi connectivity index (χ1n) is 7.46. The Morgan fingerprint density at radius 3 is 2.38 bits per heavy atom. The van der Waals surface area contributed by atoms with Crippen molar-refractivity contribution in [2.45, 2.75) is 6.04 Å². The van der Waals surface area contributed by atoms with Crippen LogP contribution in [0, 0.1) is 17.2 Å². The van der Waals surface area contributed by atoms with Crippen LogP contribution in [0.3, 0.4) is 0 Å². The number of carbonyl (C=O) groups is 2. The molecule has 3 rings (SSSR count). The van der Waals surface area contributed by atoms with E-state index < -0.39 is 18.0 Å². The summed E-state index contributed by atoms with van der Waals surface area (Å²) in [4.78, 5) is 24.8. The SMILES string of the molecule is C=C1NC(=O)N[C@@H](c2ccc(C#N)cc2)[C@@H]1C(=O)c1ccccc1. The molecule has 0 aliphatic carbocycles. The maximum Gasteiger partial charge on any atom is 0.319 e. The molecule has 24 heavy (non-hydrogen) atoms. The summed E-state index contributed by atoms with van der Waals surface area (Å²) < 4.78 is 0. The van der Waals surface area contributed by atoms with Crippen LogP contribution in [-0.4, -0.2) is 11.8 Å². The molecule has 0 aromatic heterocycles. The van der Waals surface area contributed by atoms with Crippen molar-refractivity contribution in [3.63, 3.8) is 0 Å². The largest absolute Gasteiger partial charge is 0.330 e. The van der Waals surface area contributed by atoms with Crippen LogP contribution in [0.15, 0.2) is 66.9 Å². The molecule has 0 spiro atoms. The second-order valence-corrected chi connectivity index (χ2v) is 5.54. The smallest absolute Gasteiger partial charge is 0.319 e. The molecular weight excluding hydrogens is 302 g/mol. The minimum atomic E-state index is -0.627. The van der Waals surface area contributed by atoms with Crippen molar-refractivity contribution in [3.8, 4) is 6.07 Å². The number of hydrogen-bond donors (Lipinski definition) is 2. The second-order valence-electron chi connectivity index (χ2n) is 5.54. The lowest BCUT2D eigenvalue weighted by atomic mass is 9.83. The number of nitrogens with one attached hydrogen (secondary N) is 2. The van der Waals surface area contributed by atoms with Gasteiger partial charge in [0.1, 0.15) is 0 Å². The predicted octanol–water partition coefficient (Wildman–Crippen LogP) is 2.92. The lowest BCUT2D eigenvalue weighted by Gasteiger charge is -2.34. The molecule has 2 atom stereocenters. The van der Waals surface area contributed by atoms with E-state index in [1.165, 1.54) is 0 Å². The summed E-state index contributed by atoms with van der Waals surface area (Å²) in [6.45, 7) is 3.86. The number of rotatable bonds is 3. The number of carbonyl (C=O) groups excluding carboxylic acids is 2. The van der Waals surface area contributed by atoms with E-state index in [2.05, 4.69) is 23.3 Å². The zero-order chi connectivity index (χ0) is 17.1. The van der Waals surface area contributed by atoms with E-state index in [-0.39, 0.29) is 5.78 Å². The molecule has 1 fully saturated rings. The van der Waals surface area contributed by atoms with Gasteiger partial charge in [-0.1, -0.05) is 49.0 Å². The Morgan fingerprint density at radius 1 is 1.08 bits per heavy atom. The Balaban J connectivity index is 1.99. The summed E-state index contributed by atoms with van der Waals surface area (Å²) in [5, 5.41) is 14.3. The van der Waals surface area contributed by atoms with E-state index in [4.69, 9.17) is 5.26 Å². The fraction of sp³-hybridized carbons (Fsp3) is 0.105. The van der Waals surface area contributed by atoms with Crippen molar-refractivity contribution < 1.29 is 9.59 Å². The minimum absolute atomic E-state index is 0.123. The van der Waals surface area contributed by atoms with Crippen LogP contribution in [-0.2, 0) is 0 Å². The topological polar surface area (TPSA) is 82.0 Å². The number of nitrogens with zero attached hydrogens (tertiary/aromatic N) is 1. The van der Waals surface area contributed by atoms with Crippen LogP contribution in [0.1, 0.15) is 27.5 Å². The minimum Gasteiger partial charge on any atom is -0.330 e. The summed E-state index contributed by atoms with van der Waals surface area (Å²) in [5.74, 6) is -0.750. The van der Waals surface area contributed by atoms with E-state index in [9.17, 15) is 9.59 Å². The molecular formula is C19H15N3O2. The highest BCUT2D eigenvalue weighted by molar-refractivity contribution is 6.01. The number of ketones is 1. The van der Waals surface area contributed by atoms with Crippen molar-refractivity contribution in [1.29, 1.82) is 5.26 Å². The van der Waals surface area contributed by atoms with Crippen molar-refractivity contribution in [2.75, 3.05) is 0 Å². The fourth-order valence-electron chi connectivity index (χ4n) is 2.82. The zero-order valence-electron chi connectivity index (χ0n) is 12.8. The Morgan fingerprint density at radius 2 is 1.75 bits per heavy atom. The molecule has 2 aromatic carbocycles. The number of Topliss-reactive ketones (excluding diaryl/α,β-unsaturated/α-hetero) is 1. The highest BCUT2D eigenvalue weighted by atomic mass is 16.2. The first-order chi connectivity index (χ1) is 11.6. The molecule has 0 saturated carbocycles. The summed E-state index contributed by atoms with van der Waals surface area (Å²) >= 11 is 0. The van der Waals surface area contributed by atoms with Crippen LogP contribution in [0.4, 0.5) is 4.79 Å². The number of benzene rings is 2. The van der Waals surface area contributed by atoms with E-state index in [1.807, 2.05) is 6.07 Å². The Labute approximate surface area is 139 Å². The summed E-state index contributed by atoms with van der Waals surface area (Å²) in [6.07, 6.45) is 0. The lowest BCUT2D eigenvalue weighted by molar-refractivity contribution is 0.0905. The molecule has 5 nitrogen and oxygen atoms in total. The maximum absolute atomic E-state index is 12.9. The normalized spacial score (nSPS) is 19.8. The van der Waals surface area contributed by atoms with E-state index in [0.29, 0.717) is 16.8 Å². The highest BCUT2D eigenvalue weighted by Gasteiger charge is 2.37. The van der Waals surface area contributed by atoms with Gasteiger partial charge in [0, 0.05) is 11.3 Å². The van der Waals surface area contributed by atoms with Gasteiger partial charge in [-0.2, -0.15) is 5.26 Å². The van der Waals surface area contributed by atoms with Gasteiger partial charge in [0.2, 0.25) is 0 Å². The molecule has 1 heterocycles. The van der Waals surface area contributed by atoms with Gasteiger partial charge in [0.25, 0.3) is 0 Å². The molecule has 0 radical (unpaired) electrons. The van der Waals surface area contributed by atoms with E-state index in [1.54, 1.807) is 48.5 Å². The van der Waals surface area contributed by atoms with Gasteiger partial charge in [0.05, 0.1) is 23.6 Å². The van der Waals surface area contributed by atoms with Gasteiger partial charge in [-0.05, 0) is 17.7 Å². The molecule has 1 saturated heterocycles. The molecule has 2 N–H and O–H groups in total. The monoisotopic (exact) mass is 317 g/mol. The first kappa shape index (κ1) is 15.5. The van der Waals surface area contributed by atoms with E-state index in [0.717, 1.165) is 5.56 Å². The number of nitriles is 1. The van der Waals surface area contributed by atoms with Gasteiger partial charge in [-0.25, -0.2) is 4.79 Å². The highest BCUT2D eigenvalue weighted by Crippen LogP contribution is 2.32. The molecule has 1 aliphatic rings. The average Bonchev–Trinajstić information content (AvgIpc) is 2.61. The van der Waals surface area contributed by atoms with Crippen molar-refractivity contribution in [2.24, 2.45) is 5.92 Å². The van der Waals surface area contributed by atoms with Gasteiger partial charge in [0.15, 0.2) is 5.78 Å². The van der Waals surface area contributed by atoms with Gasteiger partial charge in [-0.3, -0.25) is 4.79 Å². The first-order valence-corrected chi connectivity index (χ1v) is 7.46. The number of hydrogen-bond acceptors (Lipinski definition) is 3. The van der Waals surface area contributed by atoms with Crippen LogP contribution in [0.5, 0.6) is 0 Å². The predicted molar refractivity (Wildman–Crippen MR) is 89.0 cm³/mol. The van der Waals surface area contributed by atoms with Crippen LogP contribution in [0.2, 0.25) is 0 Å². The standard InChI is InChI=1S/C19H15N3O2/c1-12-16(18(23)15-5-3-2-4-6-15)17(22-19(24)21-12)14-9-7-13(11-20)8-10-14/h2-10,16-17H,1H2,(H2,21,22,24)/t16-,17+/m1/s1. The molecule has 0 unspecified atom stereocenters. The van der Waals surface area contributed by atoms with Crippen molar-refractivity contribution in [3.05, 3.63) is 83.6 Å². The summed E-state index contributed by atoms with van der Waals surface area (Å²) in [7, 11) is 0. The Hall–Kier alpha value is -3.39. The van der Waals surface area contributed by atoms with Crippen molar-refractivity contribution in [1.82, 2.24) is 10.6 Å².